The van der Waals surface area contributed by atoms with Crippen molar-refractivity contribution < 1.29 is 75.8 Å². The Morgan fingerprint density at radius 1 is 0.266 bits per heavy atom. The van der Waals surface area contributed by atoms with Crippen LogP contribution in [0.4, 0.5) is 0 Å². The molecular formula is C91H154O16P2. The molecule has 0 aliphatic rings. The van der Waals surface area contributed by atoms with Gasteiger partial charge in [0.2, 0.25) is 0 Å². The Kier molecular flexibility index (Phi) is 79.0. The first-order valence-electron chi connectivity index (χ1n) is 42.8. The fourth-order valence-corrected chi connectivity index (χ4v) is 12.9. The molecule has 0 aliphatic carbocycles. The lowest BCUT2D eigenvalue weighted by atomic mass is 10.0. The van der Waals surface area contributed by atoms with Crippen LogP contribution in [-0.2, 0) is 55.8 Å². The quantitative estimate of drug-likeness (QED) is 0.0146. The zero-order chi connectivity index (χ0) is 79.4. The molecule has 0 saturated carbocycles. The van der Waals surface area contributed by atoms with Gasteiger partial charge in [-0.3, -0.25) is 32.5 Å². The number of allylic oxidation sites excluding steroid dienone is 26. The minimum absolute atomic E-state index is 0.0824. The van der Waals surface area contributed by atoms with E-state index in [-0.39, 0.29) is 19.3 Å². The smallest absolute Gasteiger partial charge is 0.463 e. The predicted octanol–water partition coefficient (Wildman–Crippen LogP) is 25.8. The molecule has 0 fully saturated rings. The van der Waals surface area contributed by atoms with E-state index >= 15 is 0 Å². The maximum Gasteiger partial charge on any atom is 0.472 e. The van der Waals surface area contributed by atoms with Crippen molar-refractivity contribution in [2.45, 2.75) is 360 Å². The zero-order valence-corrected chi connectivity index (χ0v) is 70.2. The second-order valence-electron chi connectivity index (χ2n) is 28.2. The van der Waals surface area contributed by atoms with Gasteiger partial charge >= 0.3 is 33.6 Å². The molecule has 109 heavy (non-hydrogen) atoms. The molecule has 5 unspecified atom stereocenters. The average molecular weight is 1570 g/mol. The van der Waals surface area contributed by atoms with E-state index in [9.17, 15) is 43.5 Å². The van der Waals surface area contributed by atoms with Gasteiger partial charge in [-0.05, 0) is 148 Å². The summed E-state index contributed by atoms with van der Waals surface area (Å²) in [7, 11) is -9.81. The van der Waals surface area contributed by atoms with Crippen molar-refractivity contribution in [1.82, 2.24) is 0 Å². The van der Waals surface area contributed by atoms with Gasteiger partial charge in [0.1, 0.15) is 25.4 Å². The number of hydrogen-bond acceptors (Lipinski definition) is 14. The monoisotopic (exact) mass is 1570 g/mol. The fourth-order valence-electron chi connectivity index (χ4n) is 11.3. The second kappa shape index (κ2) is 82.6. The molecule has 0 aromatic rings. The lowest BCUT2D eigenvalue weighted by molar-refractivity contribution is -0.161. The van der Waals surface area contributed by atoms with Crippen molar-refractivity contribution in [3.05, 3.63) is 158 Å². The van der Waals surface area contributed by atoms with Gasteiger partial charge in [0.05, 0.1) is 26.4 Å². The summed E-state index contributed by atoms with van der Waals surface area (Å²) in [5.41, 5.74) is 0. The number of hydrogen-bond donors (Lipinski definition) is 4. The number of esters is 3. The number of aliphatic hydroxyl groups is 2. The largest absolute Gasteiger partial charge is 0.472 e. The molecule has 0 aromatic carbocycles. The van der Waals surface area contributed by atoms with Crippen LogP contribution in [-0.4, -0.2) is 95.9 Å². The van der Waals surface area contributed by atoms with Gasteiger partial charge in [-0.25, -0.2) is 9.13 Å². The number of ether oxygens (including phenoxy) is 3. The minimum Gasteiger partial charge on any atom is -0.463 e. The van der Waals surface area contributed by atoms with Crippen molar-refractivity contribution in [2.24, 2.45) is 0 Å². The van der Waals surface area contributed by atoms with Gasteiger partial charge < -0.3 is 34.2 Å². The Balaban J connectivity index is 4.61. The van der Waals surface area contributed by atoms with Crippen LogP contribution in [0.3, 0.4) is 0 Å². The summed E-state index contributed by atoms with van der Waals surface area (Å²) in [5.74, 6) is -1.60. The molecule has 0 bridgehead atoms. The molecule has 16 nitrogen and oxygen atoms in total. The van der Waals surface area contributed by atoms with E-state index in [1.54, 1.807) is 0 Å². The van der Waals surface area contributed by atoms with E-state index in [2.05, 4.69) is 179 Å². The summed E-state index contributed by atoms with van der Waals surface area (Å²) >= 11 is 0. The Labute approximate surface area is 663 Å². The summed E-state index contributed by atoms with van der Waals surface area (Å²) in [5, 5.41) is 20.7. The highest BCUT2D eigenvalue weighted by Gasteiger charge is 2.29. The van der Waals surface area contributed by atoms with E-state index in [0.29, 0.717) is 19.3 Å². The molecule has 624 valence electrons. The van der Waals surface area contributed by atoms with Crippen molar-refractivity contribution in [3.63, 3.8) is 0 Å². The molecule has 18 heteroatoms. The van der Waals surface area contributed by atoms with Crippen LogP contribution in [0.15, 0.2) is 158 Å². The lowest BCUT2D eigenvalue weighted by Crippen LogP contribution is -2.30. The summed E-state index contributed by atoms with van der Waals surface area (Å²) in [6.45, 7) is 2.43. The van der Waals surface area contributed by atoms with Gasteiger partial charge in [-0.15, -0.1) is 0 Å². The van der Waals surface area contributed by atoms with Crippen molar-refractivity contribution >= 4 is 33.6 Å². The maximum atomic E-state index is 13.0. The number of aliphatic hydroxyl groups excluding tert-OH is 2. The Morgan fingerprint density at radius 2 is 0.486 bits per heavy atom. The first-order chi connectivity index (χ1) is 53.2. The van der Waals surface area contributed by atoms with E-state index in [0.717, 1.165) is 173 Å². The average Bonchev–Trinajstić information content (AvgIpc) is 0.906. The van der Waals surface area contributed by atoms with Crippen LogP contribution in [0.2, 0.25) is 0 Å². The van der Waals surface area contributed by atoms with Crippen LogP contribution in [0, 0.1) is 0 Å². The Hall–Kier alpha value is -4.83. The van der Waals surface area contributed by atoms with Crippen LogP contribution in [0.25, 0.3) is 0 Å². The molecule has 0 aliphatic heterocycles. The lowest BCUT2D eigenvalue weighted by Gasteiger charge is -2.21. The molecule has 0 amide bonds. The first kappa shape index (κ1) is 104. The first-order valence-corrected chi connectivity index (χ1v) is 45.8. The third kappa shape index (κ3) is 83.9. The molecule has 0 aromatic heterocycles. The number of carbonyl (C=O) groups is 3. The van der Waals surface area contributed by atoms with Crippen molar-refractivity contribution in [1.29, 1.82) is 0 Å². The third-order valence-electron chi connectivity index (χ3n) is 17.7. The van der Waals surface area contributed by atoms with E-state index in [1.165, 1.54) is 109 Å². The SMILES string of the molecule is CC/C=C\C/C=C\C/C=C\C/C=C\C/C=C\CCCCCCCCCCCC(=O)OCC(COP(=O)(O)OCC(O)COP(=O)(O)OCC(O)COC(=O)CCCCCCCCCCCCCCC/C=C\C/C=C\C/C=C\C/C=C\CCCCC)OC(=O)CCCCCCCC/C=C\C/C=C\C/C=C\C/C=C\CC. The van der Waals surface area contributed by atoms with Gasteiger partial charge in [-0.2, -0.15) is 0 Å². The molecule has 4 N–H and O–H groups in total. The molecule has 5 atom stereocenters. The molecule has 0 heterocycles. The van der Waals surface area contributed by atoms with Crippen molar-refractivity contribution in [3.8, 4) is 0 Å². The van der Waals surface area contributed by atoms with Gasteiger partial charge in [0.15, 0.2) is 6.10 Å². The number of carbonyl (C=O) groups excluding carboxylic acids is 3. The Morgan fingerprint density at radius 3 is 0.771 bits per heavy atom. The molecule has 0 rings (SSSR count). The highest BCUT2D eigenvalue weighted by Crippen LogP contribution is 2.45. The minimum atomic E-state index is -4.95. The van der Waals surface area contributed by atoms with Crippen LogP contribution in [0.5, 0.6) is 0 Å². The number of phosphoric acid groups is 2. The summed E-state index contributed by atoms with van der Waals surface area (Å²) in [4.78, 5) is 58.9. The zero-order valence-electron chi connectivity index (χ0n) is 68.4. The standard InChI is InChI=1S/C91H154O16P2/c1-4-7-10-13-16-19-22-25-28-31-34-36-38-40-41-42-43-45-47-48-51-53-56-59-62-65-68-71-74-77-89(94)101-80-86(92)81-103-108(97,98)104-82-87(93)83-105-109(99,100)106-85-88(107-91(96)79-76-73-70-67-64-61-58-55-50-33-30-27-24-21-18-15-12-9-6-3)84-102-90(95)78-75-72-69-66-63-60-57-54-52-49-46-44-39-37-35-32-29-26-23-20-17-14-11-8-5-2/h8-9,11-12,16-21,25-30,34-37,40-41,44,46,50,55,86-88,92-93H,4-7,10,13-15,22-24,31-33,38-39,42-43,45,47-49,51-54,56-85H2,1-3H3,(H,97,98)(H,99,100)/b11-8-,12-9-,19-16-,20-17-,21-18-,28-25-,29-26-,30-27-,36-34-,37-35-,41-40-,46-44-,55-50-. The number of unbranched alkanes of at least 4 members (excludes halogenated alkanes) is 31. The van der Waals surface area contributed by atoms with Gasteiger partial charge in [0, 0.05) is 19.3 Å². The molecule has 0 spiro atoms. The summed E-state index contributed by atoms with van der Waals surface area (Å²) in [6.07, 6.45) is 104. The maximum absolute atomic E-state index is 13.0. The molecular weight excluding hydrogens is 1410 g/mol. The Bertz CT molecular complexity index is 2610. The predicted molar refractivity (Wildman–Crippen MR) is 454 cm³/mol. The normalized spacial score (nSPS) is 14.7. The fraction of sp³-hybridized carbons (Fsp3) is 0.681. The van der Waals surface area contributed by atoms with Gasteiger partial charge in [-0.1, -0.05) is 333 Å². The van der Waals surface area contributed by atoms with Crippen molar-refractivity contribution in [2.75, 3.05) is 39.6 Å². The van der Waals surface area contributed by atoms with Gasteiger partial charge in [0.25, 0.3) is 0 Å². The summed E-state index contributed by atoms with van der Waals surface area (Å²) < 4.78 is 61.3. The topological polar surface area (TPSA) is 231 Å². The van der Waals surface area contributed by atoms with Crippen LogP contribution < -0.4 is 0 Å². The second-order valence-corrected chi connectivity index (χ2v) is 31.1. The molecule has 0 saturated heterocycles. The van der Waals surface area contributed by atoms with E-state index in [4.69, 9.17) is 32.3 Å². The molecule has 0 radical (unpaired) electrons. The number of rotatable bonds is 80. The third-order valence-corrected chi connectivity index (χ3v) is 19.6. The highest BCUT2D eigenvalue weighted by molar-refractivity contribution is 7.47. The van der Waals surface area contributed by atoms with E-state index < -0.39 is 91.5 Å². The number of phosphoric ester groups is 2. The van der Waals surface area contributed by atoms with Crippen LogP contribution in [0.1, 0.15) is 342 Å². The highest BCUT2D eigenvalue weighted by atomic mass is 31.2. The van der Waals surface area contributed by atoms with Crippen LogP contribution >= 0.6 is 15.6 Å². The van der Waals surface area contributed by atoms with E-state index in [1.807, 2.05) is 0 Å². The summed E-state index contributed by atoms with van der Waals surface area (Å²) in [6, 6.07) is 0.